The predicted octanol–water partition coefficient (Wildman–Crippen LogP) is 5.00. The quantitative estimate of drug-likeness (QED) is 0.280. The molecule has 23 heavy (non-hydrogen) atoms. The van der Waals surface area contributed by atoms with Crippen LogP contribution in [0.4, 0.5) is 0 Å². The summed E-state index contributed by atoms with van der Waals surface area (Å²) in [6.07, 6.45) is 7.13. The Bertz CT molecular complexity index is 346. The van der Waals surface area contributed by atoms with E-state index in [4.69, 9.17) is 24.2 Å². The number of rotatable bonds is 11. The third-order valence-electron chi connectivity index (χ3n) is 2.62. The summed E-state index contributed by atoms with van der Waals surface area (Å²) in [5.74, 6) is 2.59. The van der Waals surface area contributed by atoms with Gasteiger partial charge in [-0.1, -0.05) is 5.92 Å². The Balaban J connectivity index is 5.21. The second-order valence-corrected chi connectivity index (χ2v) is 25.4. The molecule has 0 aliphatic carbocycles. The van der Waals surface area contributed by atoms with Crippen molar-refractivity contribution in [1.29, 1.82) is 0 Å². The third kappa shape index (κ3) is 13.4. The van der Waals surface area contributed by atoms with Crippen molar-refractivity contribution < 1.29 is 17.8 Å². The lowest BCUT2D eigenvalue weighted by atomic mass is 10.8. The van der Waals surface area contributed by atoms with Gasteiger partial charge >= 0.3 is 0 Å². The molecule has 0 aromatic rings. The van der Waals surface area contributed by atoms with E-state index in [2.05, 4.69) is 64.8 Å². The van der Waals surface area contributed by atoms with E-state index >= 15 is 0 Å². The van der Waals surface area contributed by atoms with Crippen molar-refractivity contribution in [1.82, 2.24) is 0 Å². The molecule has 0 bridgehead atoms. The van der Waals surface area contributed by atoms with Crippen LogP contribution in [0.5, 0.6) is 0 Å². The fraction of sp³-hybridized carbons (Fsp3) is 0.867. The van der Waals surface area contributed by atoms with Gasteiger partial charge in [-0.2, -0.15) is 0 Å². The Morgan fingerprint density at radius 1 is 0.696 bits per heavy atom. The standard InChI is InChI=1S/C15H36O4PSi3/c1-11-12-16-20(13-17-21(2,3)4,14-18-22(5,6)7)15-19-23(8,9)10/h1H,12-15H2,2-10H3/q+1. The first-order valence-corrected chi connectivity index (χ1v) is 20.5. The Hall–Kier alpha value is 0.481. The van der Waals surface area contributed by atoms with Gasteiger partial charge in [-0.05, 0) is 58.9 Å². The summed E-state index contributed by atoms with van der Waals surface area (Å²) in [5, 5.41) is 0. The van der Waals surface area contributed by atoms with E-state index in [1.54, 1.807) is 0 Å². The van der Waals surface area contributed by atoms with Crippen LogP contribution in [0.1, 0.15) is 0 Å². The van der Waals surface area contributed by atoms with E-state index in [1.807, 2.05) is 0 Å². The zero-order chi connectivity index (χ0) is 18.4. The molecule has 0 heterocycles. The molecule has 0 unspecified atom stereocenters. The Labute approximate surface area is 147 Å². The SMILES string of the molecule is C#CCO[P+](CO[Si](C)(C)C)(CO[Si](C)(C)C)CO[Si](C)(C)C. The van der Waals surface area contributed by atoms with Crippen molar-refractivity contribution in [3.63, 3.8) is 0 Å². The van der Waals surface area contributed by atoms with Gasteiger partial charge in [-0.15, -0.1) is 6.42 Å². The van der Waals surface area contributed by atoms with Gasteiger partial charge in [0.15, 0.2) is 50.6 Å². The molecule has 0 atom stereocenters. The van der Waals surface area contributed by atoms with Gasteiger partial charge in [0, 0.05) is 0 Å². The third-order valence-corrected chi connectivity index (χ3v) is 8.86. The van der Waals surface area contributed by atoms with Crippen LogP contribution >= 0.6 is 7.49 Å². The van der Waals surface area contributed by atoms with Crippen LogP contribution in [0.25, 0.3) is 0 Å². The van der Waals surface area contributed by atoms with Crippen molar-refractivity contribution >= 4 is 32.4 Å². The highest BCUT2D eigenvalue weighted by molar-refractivity contribution is 7.70. The highest BCUT2D eigenvalue weighted by atomic mass is 31.2. The minimum atomic E-state index is -2.01. The summed E-state index contributed by atoms with van der Waals surface area (Å²) in [5.41, 5.74) is 0. The van der Waals surface area contributed by atoms with E-state index in [1.165, 1.54) is 0 Å². The summed E-state index contributed by atoms with van der Waals surface area (Å²) in [4.78, 5) is 0. The van der Waals surface area contributed by atoms with Gasteiger partial charge in [-0.3, -0.25) is 0 Å². The van der Waals surface area contributed by atoms with Crippen molar-refractivity contribution in [3.05, 3.63) is 0 Å². The van der Waals surface area contributed by atoms with E-state index in [0.29, 0.717) is 19.0 Å². The van der Waals surface area contributed by atoms with Gasteiger partial charge in [-0.25, -0.2) is 4.52 Å². The first kappa shape index (κ1) is 23.5. The second-order valence-electron chi connectivity index (χ2n) is 8.69. The zero-order valence-corrected chi connectivity index (χ0v) is 20.4. The summed E-state index contributed by atoms with van der Waals surface area (Å²) < 4.78 is 24.7. The molecule has 0 radical (unpaired) electrons. The lowest BCUT2D eigenvalue weighted by molar-refractivity contribution is 0.268. The van der Waals surface area contributed by atoms with Crippen molar-refractivity contribution in [2.24, 2.45) is 0 Å². The fourth-order valence-electron chi connectivity index (χ4n) is 1.33. The number of hydrogen-bond acceptors (Lipinski definition) is 4. The van der Waals surface area contributed by atoms with E-state index in [0.717, 1.165) is 0 Å². The number of hydrogen-bond donors (Lipinski definition) is 0. The van der Waals surface area contributed by atoms with Crippen LogP contribution in [0, 0.1) is 12.3 Å². The topological polar surface area (TPSA) is 36.9 Å². The zero-order valence-electron chi connectivity index (χ0n) is 16.5. The number of terminal acetylenes is 1. The molecule has 0 rings (SSSR count). The highest BCUT2D eigenvalue weighted by Gasteiger charge is 2.45. The lowest BCUT2D eigenvalue weighted by Gasteiger charge is -2.31. The van der Waals surface area contributed by atoms with Gasteiger partial charge in [0.2, 0.25) is 7.49 Å². The van der Waals surface area contributed by atoms with Crippen molar-refractivity contribution in [2.45, 2.75) is 58.9 Å². The molecule has 0 N–H and O–H groups in total. The van der Waals surface area contributed by atoms with E-state index in [-0.39, 0.29) is 6.61 Å². The maximum atomic E-state index is 6.19. The minimum absolute atomic E-state index is 0.285. The first-order chi connectivity index (χ1) is 10.2. The molecule has 136 valence electrons. The van der Waals surface area contributed by atoms with Crippen LogP contribution in [-0.4, -0.2) is 50.6 Å². The average molecular weight is 396 g/mol. The van der Waals surface area contributed by atoms with Crippen molar-refractivity contribution in [2.75, 3.05) is 25.7 Å². The second kappa shape index (κ2) is 9.25. The molecule has 0 amide bonds. The summed E-state index contributed by atoms with van der Waals surface area (Å²) in [6.45, 7) is 19.9. The molecule has 0 aromatic carbocycles. The van der Waals surface area contributed by atoms with Crippen molar-refractivity contribution in [3.8, 4) is 12.3 Å². The largest absolute Gasteiger partial charge is 0.385 e. The van der Waals surface area contributed by atoms with Crippen LogP contribution < -0.4 is 0 Å². The lowest BCUT2D eigenvalue weighted by Crippen LogP contribution is -2.34. The van der Waals surface area contributed by atoms with Crippen LogP contribution in [0.3, 0.4) is 0 Å². The van der Waals surface area contributed by atoms with Gasteiger partial charge < -0.3 is 13.3 Å². The smallest absolute Gasteiger partial charge is 0.223 e. The Kier molecular flexibility index (Phi) is 9.45. The molecular formula is C15H36O4PSi3+. The molecule has 0 aliphatic rings. The molecule has 4 nitrogen and oxygen atoms in total. The van der Waals surface area contributed by atoms with Gasteiger partial charge in [0.05, 0.1) is 0 Å². The van der Waals surface area contributed by atoms with Crippen LogP contribution in [-0.2, 0) is 17.8 Å². The maximum Gasteiger partial charge on any atom is 0.223 e. The van der Waals surface area contributed by atoms with E-state index < -0.39 is 32.4 Å². The van der Waals surface area contributed by atoms with Crippen LogP contribution in [0.2, 0.25) is 58.9 Å². The molecule has 0 spiro atoms. The monoisotopic (exact) mass is 395 g/mol. The Morgan fingerprint density at radius 3 is 1.22 bits per heavy atom. The summed E-state index contributed by atoms with van der Waals surface area (Å²) in [6, 6.07) is 0. The predicted molar refractivity (Wildman–Crippen MR) is 110 cm³/mol. The molecule has 0 saturated heterocycles. The Morgan fingerprint density at radius 2 is 1.00 bits per heavy atom. The summed E-state index contributed by atoms with van der Waals surface area (Å²) in [7, 11) is -6.95. The molecule has 0 aliphatic heterocycles. The fourth-order valence-corrected chi connectivity index (χ4v) is 9.60. The highest BCUT2D eigenvalue weighted by Crippen LogP contribution is 2.60. The van der Waals surface area contributed by atoms with Gasteiger partial charge in [0.1, 0.15) is 0 Å². The molecule has 0 aromatic heterocycles. The molecular weight excluding hydrogens is 359 g/mol. The summed E-state index contributed by atoms with van der Waals surface area (Å²) >= 11 is 0. The minimum Gasteiger partial charge on any atom is -0.385 e. The normalized spacial score (nSPS) is 13.9. The molecule has 8 heteroatoms. The van der Waals surface area contributed by atoms with Crippen LogP contribution in [0.15, 0.2) is 0 Å². The average Bonchev–Trinajstić information content (AvgIpc) is 2.34. The molecule has 0 fully saturated rings. The van der Waals surface area contributed by atoms with E-state index in [9.17, 15) is 0 Å². The molecule has 0 saturated carbocycles. The maximum absolute atomic E-state index is 6.19. The van der Waals surface area contributed by atoms with Gasteiger partial charge in [0.25, 0.3) is 0 Å². The first-order valence-electron chi connectivity index (χ1n) is 8.04.